The summed E-state index contributed by atoms with van der Waals surface area (Å²) >= 11 is 0. The van der Waals surface area contributed by atoms with E-state index in [1.54, 1.807) is 11.0 Å². The molecule has 2 rings (SSSR count). The molecule has 0 aromatic heterocycles. The van der Waals surface area contributed by atoms with Crippen LogP contribution in [0.3, 0.4) is 0 Å². The van der Waals surface area contributed by atoms with E-state index in [1.807, 2.05) is 7.05 Å². The predicted molar refractivity (Wildman–Crippen MR) is 64.2 cm³/mol. The molecule has 1 saturated heterocycles. The Labute approximate surface area is 99.8 Å². The number of carbonyl (C=O) groups excluding carboxylic acids is 1. The predicted octanol–water partition coefficient (Wildman–Crippen LogP) is 0.796. The summed E-state index contributed by atoms with van der Waals surface area (Å²) in [7, 11) is 2.01. The first kappa shape index (κ1) is 11.9. The number of benzene rings is 1. The van der Waals surface area contributed by atoms with Gasteiger partial charge in [-0.05, 0) is 25.2 Å². The number of nitrogens with two attached hydrogens (primary N) is 1. The van der Waals surface area contributed by atoms with Crippen LogP contribution in [-0.4, -0.2) is 48.9 Å². The second kappa shape index (κ2) is 4.71. The highest BCUT2D eigenvalue weighted by molar-refractivity contribution is 5.94. The molecule has 0 spiro atoms. The summed E-state index contributed by atoms with van der Waals surface area (Å²) in [6.07, 6.45) is 0. The van der Waals surface area contributed by atoms with Crippen molar-refractivity contribution in [3.05, 3.63) is 29.6 Å². The molecule has 4 nitrogen and oxygen atoms in total. The highest BCUT2D eigenvalue weighted by Gasteiger charge is 2.22. The lowest BCUT2D eigenvalue weighted by molar-refractivity contribution is 0.0659. The third-order valence-electron chi connectivity index (χ3n) is 3.01. The highest BCUT2D eigenvalue weighted by atomic mass is 19.1. The highest BCUT2D eigenvalue weighted by Crippen LogP contribution is 2.15. The molecule has 0 radical (unpaired) electrons. The molecule has 92 valence electrons. The van der Waals surface area contributed by atoms with Gasteiger partial charge in [0.25, 0.3) is 5.91 Å². The maximum absolute atomic E-state index is 13.6. The smallest absolute Gasteiger partial charge is 0.256 e. The molecular weight excluding hydrogens is 221 g/mol. The lowest BCUT2D eigenvalue weighted by atomic mass is 10.1. The zero-order chi connectivity index (χ0) is 12.4. The summed E-state index contributed by atoms with van der Waals surface area (Å²) in [6.45, 7) is 2.92. The second-order valence-electron chi connectivity index (χ2n) is 4.33. The normalized spacial score (nSPS) is 17.2. The number of nitrogens with zero attached hydrogens (tertiary/aromatic N) is 2. The van der Waals surface area contributed by atoms with E-state index in [0.29, 0.717) is 18.8 Å². The Morgan fingerprint density at radius 2 is 1.94 bits per heavy atom. The molecule has 5 heteroatoms. The van der Waals surface area contributed by atoms with Gasteiger partial charge < -0.3 is 15.5 Å². The molecular formula is C12H16FN3O. The molecule has 17 heavy (non-hydrogen) atoms. The number of likely N-dealkylation sites (N-methyl/N-ethyl adjacent to an activating group) is 1. The number of hydrogen-bond donors (Lipinski definition) is 1. The number of piperazine rings is 1. The number of halogens is 1. The van der Waals surface area contributed by atoms with E-state index in [1.165, 1.54) is 12.1 Å². The fourth-order valence-corrected chi connectivity index (χ4v) is 1.88. The summed E-state index contributed by atoms with van der Waals surface area (Å²) in [5.74, 6) is -0.801. The van der Waals surface area contributed by atoms with Gasteiger partial charge in [-0.1, -0.05) is 0 Å². The van der Waals surface area contributed by atoms with E-state index in [2.05, 4.69) is 4.90 Å². The molecule has 1 aromatic carbocycles. The monoisotopic (exact) mass is 237 g/mol. The van der Waals surface area contributed by atoms with Crippen LogP contribution in [0.25, 0.3) is 0 Å². The van der Waals surface area contributed by atoms with E-state index in [-0.39, 0.29) is 11.5 Å². The van der Waals surface area contributed by atoms with Crippen molar-refractivity contribution < 1.29 is 9.18 Å². The summed E-state index contributed by atoms with van der Waals surface area (Å²) < 4.78 is 13.6. The molecule has 1 fully saturated rings. The molecule has 1 heterocycles. The van der Waals surface area contributed by atoms with Crippen LogP contribution in [0, 0.1) is 5.82 Å². The van der Waals surface area contributed by atoms with Gasteiger partial charge in [-0.2, -0.15) is 0 Å². The third kappa shape index (κ3) is 2.55. The van der Waals surface area contributed by atoms with E-state index in [4.69, 9.17) is 5.73 Å². The Balaban J connectivity index is 2.14. The van der Waals surface area contributed by atoms with Crippen LogP contribution in [0.2, 0.25) is 0 Å². The zero-order valence-corrected chi connectivity index (χ0v) is 9.82. The Hall–Kier alpha value is -1.62. The van der Waals surface area contributed by atoms with Crippen LogP contribution in [0.5, 0.6) is 0 Å². The van der Waals surface area contributed by atoms with Crippen molar-refractivity contribution in [1.82, 2.24) is 9.80 Å². The molecule has 0 unspecified atom stereocenters. The van der Waals surface area contributed by atoms with E-state index < -0.39 is 5.82 Å². The first-order valence-corrected chi connectivity index (χ1v) is 5.61. The van der Waals surface area contributed by atoms with Crippen molar-refractivity contribution in [3.63, 3.8) is 0 Å². The minimum Gasteiger partial charge on any atom is -0.399 e. The average molecular weight is 237 g/mol. The van der Waals surface area contributed by atoms with Crippen molar-refractivity contribution in [2.45, 2.75) is 0 Å². The molecule has 0 atom stereocenters. The fourth-order valence-electron chi connectivity index (χ4n) is 1.88. The number of anilines is 1. The van der Waals surface area contributed by atoms with Crippen LogP contribution in [0.1, 0.15) is 10.4 Å². The van der Waals surface area contributed by atoms with Gasteiger partial charge in [-0.3, -0.25) is 4.79 Å². The number of hydrogen-bond acceptors (Lipinski definition) is 3. The van der Waals surface area contributed by atoms with Crippen molar-refractivity contribution in [3.8, 4) is 0 Å². The second-order valence-corrected chi connectivity index (χ2v) is 4.33. The van der Waals surface area contributed by atoms with Gasteiger partial charge in [0.15, 0.2) is 0 Å². The van der Waals surface area contributed by atoms with Crippen LogP contribution in [-0.2, 0) is 0 Å². The van der Waals surface area contributed by atoms with Gasteiger partial charge in [-0.15, -0.1) is 0 Å². The van der Waals surface area contributed by atoms with E-state index >= 15 is 0 Å². The molecule has 1 amide bonds. The molecule has 1 aromatic rings. The van der Waals surface area contributed by atoms with Crippen LogP contribution in [0.15, 0.2) is 18.2 Å². The van der Waals surface area contributed by atoms with Gasteiger partial charge in [0.1, 0.15) is 5.82 Å². The first-order chi connectivity index (χ1) is 8.08. The molecule has 0 aliphatic carbocycles. The van der Waals surface area contributed by atoms with E-state index in [0.717, 1.165) is 13.1 Å². The summed E-state index contributed by atoms with van der Waals surface area (Å²) in [6, 6.07) is 4.18. The largest absolute Gasteiger partial charge is 0.399 e. The number of nitrogen functional groups attached to an aromatic ring is 1. The Morgan fingerprint density at radius 1 is 1.29 bits per heavy atom. The Bertz CT molecular complexity index is 428. The molecule has 0 bridgehead atoms. The van der Waals surface area contributed by atoms with Gasteiger partial charge in [0.2, 0.25) is 0 Å². The lowest BCUT2D eigenvalue weighted by Crippen LogP contribution is -2.47. The van der Waals surface area contributed by atoms with Crippen molar-refractivity contribution >= 4 is 11.6 Å². The maximum atomic E-state index is 13.6. The number of rotatable bonds is 1. The van der Waals surface area contributed by atoms with Crippen molar-refractivity contribution in [1.29, 1.82) is 0 Å². The van der Waals surface area contributed by atoms with Crippen LogP contribution in [0.4, 0.5) is 10.1 Å². The summed E-state index contributed by atoms with van der Waals surface area (Å²) in [5, 5.41) is 0. The summed E-state index contributed by atoms with van der Waals surface area (Å²) in [5.41, 5.74) is 5.88. The molecule has 2 N–H and O–H groups in total. The molecule has 1 aliphatic rings. The van der Waals surface area contributed by atoms with Crippen LogP contribution < -0.4 is 5.73 Å². The first-order valence-electron chi connectivity index (χ1n) is 5.61. The zero-order valence-electron chi connectivity index (χ0n) is 9.82. The van der Waals surface area contributed by atoms with Crippen LogP contribution >= 0.6 is 0 Å². The SMILES string of the molecule is CN1CCN(C(=O)c2ccc(N)cc2F)CC1. The standard InChI is InChI=1S/C12H16FN3O/c1-15-4-6-16(7-5-15)12(17)10-3-2-9(14)8-11(10)13/h2-3,8H,4-7,14H2,1H3. The topological polar surface area (TPSA) is 49.6 Å². The van der Waals surface area contributed by atoms with Gasteiger partial charge in [0.05, 0.1) is 5.56 Å². The minimum absolute atomic E-state index is 0.101. The fraction of sp³-hybridized carbons (Fsp3) is 0.417. The minimum atomic E-state index is -0.547. The van der Waals surface area contributed by atoms with Crippen molar-refractivity contribution in [2.24, 2.45) is 0 Å². The van der Waals surface area contributed by atoms with E-state index in [9.17, 15) is 9.18 Å². The molecule has 0 saturated carbocycles. The molecule has 1 aliphatic heterocycles. The number of amides is 1. The maximum Gasteiger partial charge on any atom is 0.256 e. The van der Waals surface area contributed by atoms with Gasteiger partial charge in [-0.25, -0.2) is 4.39 Å². The van der Waals surface area contributed by atoms with Gasteiger partial charge in [0, 0.05) is 31.9 Å². The quantitative estimate of drug-likeness (QED) is 0.735. The summed E-state index contributed by atoms with van der Waals surface area (Å²) in [4.78, 5) is 15.9. The average Bonchev–Trinajstić information content (AvgIpc) is 2.29. The lowest BCUT2D eigenvalue weighted by Gasteiger charge is -2.32. The van der Waals surface area contributed by atoms with Crippen molar-refractivity contribution in [2.75, 3.05) is 39.0 Å². The Kier molecular flexibility index (Phi) is 3.28. The van der Waals surface area contributed by atoms with Gasteiger partial charge >= 0.3 is 0 Å². The Morgan fingerprint density at radius 3 is 2.53 bits per heavy atom. The third-order valence-corrected chi connectivity index (χ3v) is 3.01. The number of carbonyl (C=O) groups is 1.